The Balaban J connectivity index is 0.00000256. The van der Waals surface area contributed by atoms with Crippen LogP contribution in [0.1, 0.15) is 26.7 Å². The lowest BCUT2D eigenvalue weighted by Gasteiger charge is -2.29. The molecule has 0 radical (unpaired) electrons. The number of rotatable bonds is 5. The minimum absolute atomic E-state index is 0. The number of halogens is 1. The van der Waals surface area contributed by atoms with Crippen molar-refractivity contribution in [2.24, 2.45) is 11.7 Å². The predicted octanol–water partition coefficient (Wildman–Crippen LogP) is 0.130. The van der Waals surface area contributed by atoms with E-state index in [2.05, 4.69) is 5.32 Å². The molecule has 3 N–H and O–H groups in total. The van der Waals surface area contributed by atoms with Gasteiger partial charge in [-0.3, -0.25) is 9.59 Å². The number of carbonyl (C=O) groups is 2. The van der Waals surface area contributed by atoms with E-state index < -0.39 is 0 Å². The van der Waals surface area contributed by atoms with E-state index in [1.54, 1.807) is 4.90 Å². The standard InChI is InChI=1S/C11H21N3O2.ClH/c1-8(2)10(11(16)13-6-5-12)14-7-3-4-9(14)15;/h8,10H,3-7,12H2,1-2H3,(H,13,16);1H. The zero-order valence-electron chi connectivity index (χ0n) is 10.4. The van der Waals surface area contributed by atoms with E-state index in [1.807, 2.05) is 13.8 Å². The smallest absolute Gasteiger partial charge is 0.243 e. The molecular weight excluding hydrogens is 242 g/mol. The first-order valence-corrected chi connectivity index (χ1v) is 5.85. The second-order valence-electron chi connectivity index (χ2n) is 4.46. The van der Waals surface area contributed by atoms with Crippen LogP contribution in [0, 0.1) is 5.92 Å². The summed E-state index contributed by atoms with van der Waals surface area (Å²) in [6.45, 7) is 5.49. The lowest BCUT2D eigenvalue weighted by atomic mass is 10.0. The average Bonchev–Trinajstić information content (AvgIpc) is 2.62. The normalized spacial score (nSPS) is 16.9. The zero-order chi connectivity index (χ0) is 12.1. The molecule has 0 aliphatic carbocycles. The highest BCUT2D eigenvalue weighted by Crippen LogP contribution is 2.19. The van der Waals surface area contributed by atoms with E-state index >= 15 is 0 Å². The summed E-state index contributed by atoms with van der Waals surface area (Å²) in [7, 11) is 0. The Kier molecular flexibility index (Phi) is 7.15. The van der Waals surface area contributed by atoms with Gasteiger partial charge in [-0.2, -0.15) is 0 Å². The molecule has 1 fully saturated rings. The maximum absolute atomic E-state index is 11.9. The van der Waals surface area contributed by atoms with Crippen molar-refractivity contribution in [1.29, 1.82) is 0 Å². The minimum Gasteiger partial charge on any atom is -0.353 e. The molecule has 6 heteroatoms. The Bertz CT molecular complexity index is 271. The van der Waals surface area contributed by atoms with Crippen molar-refractivity contribution in [3.8, 4) is 0 Å². The summed E-state index contributed by atoms with van der Waals surface area (Å²) in [5.74, 6) is 0.122. The number of likely N-dealkylation sites (tertiary alicyclic amines) is 1. The van der Waals surface area contributed by atoms with Gasteiger partial charge in [0.05, 0.1) is 0 Å². The van der Waals surface area contributed by atoms with Gasteiger partial charge < -0.3 is 16.0 Å². The van der Waals surface area contributed by atoms with Gasteiger partial charge in [0.15, 0.2) is 0 Å². The lowest BCUT2D eigenvalue weighted by molar-refractivity contribution is -0.139. The number of amides is 2. The van der Waals surface area contributed by atoms with E-state index in [-0.39, 0.29) is 36.2 Å². The molecule has 5 nitrogen and oxygen atoms in total. The quantitative estimate of drug-likeness (QED) is 0.740. The van der Waals surface area contributed by atoms with Crippen LogP contribution in [0.4, 0.5) is 0 Å². The Hall–Kier alpha value is -0.810. The van der Waals surface area contributed by atoms with Gasteiger partial charge in [-0.25, -0.2) is 0 Å². The number of hydrogen-bond acceptors (Lipinski definition) is 3. The fraction of sp³-hybridized carbons (Fsp3) is 0.818. The van der Waals surface area contributed by atoms with Gasteiger partial charge in [0.25, 0.3) is 0 Å². The molecule has 1 rings (SSSR count). The summed E-state index contributed by atoms with van der Waals surface area (Å²) < 4.78 is 0. The van der Waals surface area contributed by atoms with Gasteiger partial charge in [-0.05, 0) is 12.3 Å². The Morgan fingerprint density at radius 3 is 2.59 bits per heavy atom. The number of nitrogens with zero attached hydrogens (tertiary/aromatic N) is 1. The molecule has 0 bridgehead atoms. The van der Waals surface area contributed by atoms with Crippen molar-refractivity contribution in [2.45, 2.75) is 32.7 Å². The third-order valence-corrected chi connectivity index (χ3v) is 2.79. The average molecular weight is 264 g/mol. The molecular formula is C11H22ClN3O2. The van der Waals surface area contributed by atoms with Crippen molar-refractivity contribution in [3.63, 3.8) is 0 Å². The third kappa shape index (κ3) is 4.16. The maximum atomic E-state index is 11.9. The van der Waals surface area contributed by atoms with Gasteiger partial charge in [-0.15, -0.1) is 12.4 Å². The molecule has 1 heterocycles. The summed E-state index contributed by atoms with van der Waals surface area (Å²) in [5.41, 5.74) is 5.34. The highest BCUT2D eigenvalue weighted by Gasteiger charge is 2.34. The first-order valence-electron chi connectivity index (χ1n) is 5.85. The van der Waals surface area contributed by atoms with Crippen LogP contribution in [-0.2, 0) is 9.59 Å². The van der Waals surface area contributed by atoms with E-state index in [1.165, 1.54) is 0 Å². The summed E-state index contributed by atoms with van der Waals surface area (Å²) in [4.78, 5) is 25.2. The molecule has 0 aromatic carbocycles. The monoisotopic (exact) mass is 263 g/mol. The predicted molar refractivity (Wildman–Crippen MR) is 68.9 cm³/mol. The van der Waals surface area contributed by atoms with Crippen LogP contribution in [0.25, 0.3) is 0 Å². The van der Waals surface area contributed by atoms with Crippen molar-refractivity contribution in [2.75, 3.05) is 19.6 Å². The molecule has 0 aromatic heterocycles. The molecule has 100 valence electrons. The molecule has 1 saturated heterocycles. The van der Waals surface area contributed by atoms with Gasteiger partial charge in [0.1, 0.15) is 6.04 Å². The third-order valence-electron chi connectivity index (χ3n) is 2.79. The first kappa shape index (κ1) is 16.2. The van der Waals surface area contributed by atoms with Crippen LogP contribution < -0.4 is 11.1 Å². The highest BCUT2D eigenvalue weighted by atomic mass is 35.5. The van der Waals surface area contributed by atoms with Gasteiger partial charge in [-0.1, -0.05) is 13.8 Å². The fourth-order valence-electron chi connectivity index (χ4n) is 2.07. The van der Waals surface area contributed by atoms with Crippen molar-refractivity contribution < 1.29 is 9.59 Å². The Morgan fingerprint density at radius 1 is 1.53 bits per heavy atom. The molecule has 0 spiro atoms. The molecule has 1 unspecified atom stereocenters. The van der Waals surface area contributed by atoms with Gasteiger partial charge in [0, 0.05) is 26.1 Å². The van der Waals surface area contributed by atoms with Crippen LogP contribution >= 0.6 is 12.4 Å². The Morgan fingerprint density at radius 2 is 2.18 bits per heavy atom. The highest BCUT2D eigenvalue weighted by molar-refractivity contribution is 5.88. The minimum atomic E-state index is -0.346. The summed E-state index contributed by atoms with van der Waals surface area (Å²) in [6.07, 6.45) is 1.42. The fourth-order valence-corrected chi connectivity index (χ4v) is 2.07. The molecule has 17 heavy (non-hydrogen) atoms. The Labute approximate surface area is 109 Å². The molecule has 1 atom stereocenters. The topological polar surface area (TPSA) is 75.4 Å². The van der Waals surface area contributed by atoms with E-state index in [9.17, 15) is 9.59 Å². The SMILES string of the molecule is CC(C)C(C(=O)NCCN)N1CCCC1=O.Cl. The maximum Gasteiger partial charge on any atom is 0.243 e. The van der Waals surface area contributed by atoms with Gasteiger partial charge in [0.2, 0.25) is 11.8 Å². The largest absolute Gasteiger partial charge is 0.353 e. The van der Waals surface area contributed by atoms with Crippen LogP contribution in [0.15, 0.2) is 0 Å². The van der Waals surface area contributed by atoms with Crippen LogP contribution in [-0.4, -0.2) is 42.4 Å². The van der Waals surface area contributed by atoms with E-state index in [4.69, 9.17) is 5.73 Å². The van der Waals surface area contributed by atoms with E-state index in [0.29, 0.717) is 26.1 Å². The second kappa shape index (κ2) is 7.50. The molecule has 2 amide bonds. The number of carbonyl (C=O) groups excluding carboxylic acids is 2. The number of hydrogen-bond donors (Lipinski definition) is 2. The zero-order valence-corrected chi connectivity index (χ0v) is 11.3. The van der Waals surface area contributed by atoms with E-state index in [0.717, 1.165) is 6.42 Å². The van der Waals surface area contributed by atoms with Crippen molar-refractivity contribution >= 4 is 24.2 Å². The van der Waals surface area contributed by atoms with Crippen LogP contribution in [0.5, 0.6) is 0 Å². The summed E-state index contributed by atoms with van der Waals surface area (Å²) >= 11 is 0. The number of nitrogens with one attached hydrogen (secondary N) is 1. The van der Waals surface area contributed by atoms with Crippen molar-refractivity contribution in [1.82, 2.24) is 10.2 Å². The first-order chi connectivity index (χ1) is 7.57. The summed E-state index contributed by atoms with van der Waals surface area (Å²) in [6, 6.07) is -0.346. The van der Waals surface area contributed by atoms with Crippen molar-refractivity contribution in [3.05, 3.63) is 0 Å². The van der Waals surface area contributed by atoms with Crippen LogP contribution in [0.3, 0.4) is 0 Å². The van der Waals surface area contributed by atoms with Crippen LogP contribution in [0.2, 0.25) is 0 Å². The molecule has 1 aliphatic heterocycles. The summed E-state index contributed by atoms with van der Waals surface area (Å²) in [5, 5.41) is 2.75. The molecule has 1 aliphatic rings. The number of nitrogens with two attached hydrogens (primary N) is 1. The lowest BCUT2D eigenvalue weighted by Crippen LogP contribution is -2.51. The molecule has 0 saturated carbocycles. The van der Waals surface area contributed by atoms with Gasteiger partial charge >= 0.3 is 0 Å². The second-order valence-corrected chi connectivity index (χ2v) is 4.46. The molecule has 0 aromatic rings.